The van der Waals surface area contributed by atoms with Crippen LogP contribution in [0.1, 0.15) is 56.7 Å². The molecule has 1 fully saturated rings. The monoisotopic (exact) mass is 275 g/mol. The highest BCUT2D eigenvalue weighted by Crippen LogP contribution is 2.34. The smallest absolute Gasteiger partial charge is 0.122 e. The van der Waals surface area contributed by atoms with E-state index in [9.17, 15) is 0 Å². The fourth-order valence-corrected chi connectivity index (χ4v) is 3.07. The van der Waals surface area contributed by atoms with Gasteiger partial charge >= 0.3 is 0 Å². The Hall–Kier alpha value is -1.02. The number of hydrogen-bond acceptors (Lipinski definition) is 2. The Balaban J connectivity index is 2.25. The number of methoxy groups -OCH3 is 1. The van der Waals surface area contributed by atoms with Crippen molar-refractivity contribution in [2.75, 3.05) is 13.7 Å². The van der Waals surface area contributed by atoms with E-state index >= 15 is 0 Å². The number of hydrogen-bond donors (Lipinski definition) is 1. The summed E-state index contributed by atoms with van der Waals surface area (Å²) in [6.45, 7) is 10.1. The summed E-state index contributed by atoms with van der Waals surface area (Å²) in [5, 5.41) is 3.64. The Bertz CT molecular complexity index is 453. The molecule has 1 aliphatic heterocycles. The molecule has 0 aromatic heterocycles. The van der Waals surface area contributed by atoms with Crippen LogP contribution in [0.3, 0.4) is 0 Å². The summed E-state index contributed by atoms with van der Waals surface area (Å²) in [5.74, 6) is 1.04. The summed E-state index contributed by atoms with van der Waals surface area (Å²) in [7, 11) is 1.78. The van der Waals surface area contributed by atoms with Gasteiger partial charge in [0.1, 0.15) is 5.75 Å². The lowest BCUT2D eigenvalue weighted by Gasteiger charge is -2.27. The van der Waals surface area contributed by atoms with Gasteiger partial charge in [0, 0.05) is 6.04 Å². The predicted molar refractivity (Wildman–Crippen MR) is 85.8 cm³/mol. The molecule has 1 unspecified atom stereocenters. The van der Waals surface area contributed by atoms with Gasteiger partial charge in [-0.2, -0.15) is 0 Å². The second-order valence-electron chi connectivity index (χ2n) is 7.08. The van der Waals surface area contributed by atoms with Gasteiger partial charge in [0.15, 0.2) is 0 Å². The number of benzene rings is 1. The van der Waals surface area contributed by atoms with Gasteiger partial charge in [-0.25, -0.2) is 0 Å². The SMILES string of the molecule is COc1cc(CC2CCCCN2)c(C)cc1C(C)(C)C. The molecule has 0 radical (unpaired) electrons. The zero-order chi connectivity index (χ0) is 14.8. The molecule has 2 rings (SSSR count). The molecule has 0 bridgehead atoms. The van der Waals surface area contributed by atoms with Gasteiger partial charge in [-0.1, -0.05) is 33.3 Å². The fourth-order valence-electron chi connectivity index (χ4n) is 3.07. The summed E-state index contributed by atoms with van der Waals surface area (Å²) in [4.78, 5) is 0. The van der Waals surface area contributed by atoms with Crippen LogP contribution in [0.25, 0.3) is 0 Å². The van der Waals surface area contributed by atoms with E-state index in [4.69, 9.17) is 4.74 Å². The fraction of sp³-hybridized carbons (Fsp3) is 0.667. The van der Waals surface area contributed by atoms with Crippen molar-refractivity contribution in [2.24, 2.45) is 0 Å². The van der Waals surface area contributed by atoms with Gasteiger partial charge in [-0.3, -0.25) is 0 Å². The van der Waals surface area contributed by atoms with Gasteiger partial charge in [0.25, 0.3) is 0 Å². The second kappa shape index (κ2) is 6.17. The third-order valence-electron chi connectivity index (χ3n) is 4.34. The van der Waals surface area contributed by atoms with E-state index in [1.807, 2.05) is 0 Å². The molecule has 20 heavy (non-hydrogen) atoms. The van der Waals surface area contributed by atoms with Crippen LogP contribution in [-0.4, -0.2) is 19.7 Å². The van der Waals surface area contributed by atoms with E-state index in [1.54, 1.807) is 7.11 Å². The van der Waals surface area contributed by atoms with E-state index in [0.717, 1.165) is 12.2 Å². The van der Waals surface area contributed by atoms with E-state index < -0.39 is 0 Å². The van der Waals surface area contributed by atoms with Crippen molar-refractivity contribution in [3.63, 3.8) is 0 Å². The first kappa shape index (κ1) is 15.4. The van der Waals surface area contributed by atoms with Crippen LogP contribution in [0.15, 0.2) is 12.1 Å². The molecule has 1 heterocycles. The average Bonchev–Trinajstić information content (AvgIpc) is 2.40. The molecule has 1 aliphatic rings. The summed E-state index contributed by atoms with van der Waals surface area (Å²) in [6.07, 6.45) is 5.09. The van der Waals surface area contributed by atoms with Crippen molar-refractivity contribution < 1.29 is 4.74 Å². The van der Waals surface area contributed by atoms with E-state index in [-0.39, 0.29) is 5.41 Å². The highest BCUT2D eigenvalue weighted by atomic mass is 16.5. The Morgan fingerprint density at radius 2 is 2.00 bits per heavy atom. The average molecular weight is 275 g/mol. The van der Waals surface area contributed by atoms with Gasteiger partial charge in [-0.05, 0) is 60.9 Å². The Morgan fingerprint density at radius 1 is 1.25 bits per heavy atom. The molecule has 1 aromatic rings. The van der Waals surface area contributed by atoms with Crippen molar-refractivity contribution in [2.45, 2.75) is 64.8 Å². The van der Waals surface area contributed by atoms with Crippen LogP contribution in [0.5, 0.6) is 5.75 Å². The number of piperidine rings is 1. The summed E-state index contributed by atoms with van der Waals surface area (Å²) in [6, 6.07) is 5.20. The maximum absolute atomic E-state index is 5.64. The molecule has 0 spiro atoms. The molecule has 2 heteroatoms. The Labute approximate surface area is 123 Å². The second-order valence-corrected chi connectivity index (χ2v) is 7.08. The van der Waals surface area contributed by atoms with Crippen LogP contribution in [0.4, 0.5) is 0 Å². The molecule has 1 saturated heterocycles. The first-order valence-corrected chi connectivity index (χ1v) is 7.83. The molecule has 2 nitrogen and oxygen atoms in total. The molecule has 0 aliphatic carbocycles. The largest absolute Gasteiger partial charge is 0.496 e. The minimum atomic E-state index is 0.123. The van der Waals surface area contributed by atoms with Gasteiger partial charge in [0.2, 0.25) is 0 Å². The highest BCUT2D eigenvalue weighted by molar-refractivity contribution is 5.46. The van der Waals surface area contributed by atoms with Gasteiger partial charge in [0.05, 0.1) is 7.11 Å². The van der Waals surface area contributed by atoms with Crippen LogP contribution in [0, 0.1) is 6.92 Å². The maximum Gasteiger partial charge on any atom is 0.122 e. The molecule has 1 N–H and O–H groups in total. The topological polar surface area (TPSA) is 21.3 Å². The van der Waals surface area contributed by atoms with Crippen molar-refractivity contribution in [3.05, 3.63) is 28.8 Å². The van der Waals surface area contributed by atoms with Crippen molar-refractivity contribution >= 4 is 0 Å². The quantitative estimate of drug-likeness (QED) is 0.900. The number of ether oxygens (including phenoxy) is 1. The molecule has 112 valence electrons. The third kappa shape index (κ3) is 3.54. The van der Waals surface area contributed by atoms with Gasteiger partial charge in [-0.15, -0.1) is 0 Å². The third-order valence-corrected chi connectivity index (χ3v) is 4.34. The zero-order valence-electron chi connectivity index (χ0n) is 13.7. The number of nitrogens with one attached hydrogen (secondary N) is 1. The molecule has 0 saturated carbocycles. The summed E-state index contributed by atoms with van der Waals surface area (Å²) < 4.78 is 5.64. The van der Waals surface area contributed by atoms with Gasteiger partial charge < -0.3 is 10.1 Å². The molecule has 0 amide bonds. The Morgan fingerprint density at radius 3 is 2.55 bits per heavy atom. The lowest BCUT2D eigenvalue weighted by atomic mass is 9.83. The molecule has 1 atom stereocenters. The zero-order valence-corrected chi connectivity index (χ0v) is 13.7. The summed E-state index contributed by atoms with van der Waals surface area (Å²) >= 11 is 0. The first-order valence-electron chi connectivity index (χ1n) is 7.83. The minimum absolute atomic E-state index is 0.123. The standard InChI is InChI=1S/C18H29NO/c1-13-10-16(18(2,3)4)17(20-5)12-14(13)11-15-8-6-7-9-19-15/h10,12,15,19H,6-9,11H2,1-5H3. The van der Waals surface area contributed by atoms with Crippen LogP contribution in [-0.2, 0) is 11.8 Å². The maximum atomic E-state index is 5.64. The predicted octanol–water partition coefficient (Wildman–Crippen LogP) is 3.99. The van der Waals surface area contributed by atoms with E-state index in [1.165, 1.54) is 42.5 Å². The lowest BCUT2D eigenvalue weighted by Crippen LogP contribution is -2.35. The Kier molecular flexibility index (Phi) is 4.74. The number of aryl methyl sites for hydroxylation is 1. The lowest BCUT2D eigenvalue weighted by molar-refractivity contribution is 0.389. The van der Waals surface area contributed by atoms with Crippen molar-refractivity contribution in [1.29, 1.82) is 0 Å². The van der Waals surface area contributed by atoms with Crippen LogP contribution >= 0.6 is 0 Å². The molecular formula is C18H29NO. The van der Waals surface area contributed by atoms with E-state index in [0.29, 0.717) is 6.04 Å². The van der Waals surface area contributed by atoms with Crippen LogP contribution in [0.2, 0.25) is 0 Å². The van der Waals surface area contributed by atoms with Crippen molar-refractivity contribution in [1.82, 2.24) is 5.32 Å². The number of rotatable bonds is 3. The minimum Gasteiger partial charge on any atom is -0.496 e. The molecule has 1 aromatic carbocycles. The summed E-state index contributed by atoms with van der Waals surface area (Å²) in [5.41, 5.74) is 4.24. The van der Waals surface area contributed by atoms with Crippen molar-refractivity contribution in [3.8, 4) is 5.75 Å². The highest BCUT2D eigenvalue weighted by Gasteiger charge is 2.21. The van der Waals surface area contributed by atoms with E-state index in [2.05, 4.69) is 45.1 Å². The molecular weight excluding hydrogens is 246 g/mol. The normalized spacial score (nSPS) is 19.9. The first-order chi connectivity index (χ1) is 9.41. The van der Waals surface area contributed by atoms with Crippen LogP contribution < -0.4 is 10.1 Å².